The molecule has 0 radical (unpaired) electrons. The van der Waals surface area contributed by atoms with Gasteiger partial charge in [-0.2, -0.15) is 18.4 Å². The molecular formula is C22H18F3N3O2S. The minimum Gasteiger partial charge on any atom is -0.302 e. The fourth-order valence-corrected chi connectivity index (χ4v) is 4.20. The highest BCUT2D eigenvalue weighted by Gasteiger charge is 2.34. The van der Waals surface area contributed by atoms with E-state index in [0.717, 1.165) is 12.1 Å². The molecule has 1 aromatic heterocycles. The summed E-state index contributed by atoms with van der Waals surface area (Å²) in [5.41, 5.74) is -0.908. The van der Waals surface area contributed by atoms with Crippen molar-refractivity contribution in [3.63, 3.8) is 0 Å². The number of nitriles is 1. The van der Waals surface area contributed by atoms with Crippen LogP contribution in [0.1, 0.15) is 36.8 Å². The summed E-state index contributed by atoms with van der Waals surface area (Å²) in [6.45, 7) is 3.52. The maximum Gasteiger partial charge on any atom is 0.418 e. The van der Waals surface area contributed by atoms with E-state index < -0.39 is 26.5 Å². The Bertz CT molecular complexity index is 1270. The second-order valence-electron chi connectivity index (χ2n) is 7.00. The molecule has 3 rings (SSSR count). The summed E-state index contributed by atoms with van der Waals surface area (Å²) in [6, 6.07) is 14.1. The van der Waals surface area contributed by atoms with Crippen LogP contribution in [0, 0.1) is 11.3 Å². The van der Waals surface area contributed by atoms with Crippen LogP contribution in [0.4, 0.5) is 13.2 Å². The summed E-state index contributed by atoms with van der Waals surface area (Å²) < 4.78 is 67.4. The summed E-state index contributed by atoms with van der Waals surface area (Å²) in [5, 5.41) is 9.46. The minimum absolute atomic E-state index is 0.0614. The van der Waals surface area contributed by atoms with Crippen LogP contribution in [-0.4, -0.2) is 18.0 Å². The Hall–Kier alpha value is -3.38. The summed E-state index contributed by atoms with van der Waals surface area (Å²) >= 11 is 0. The van der Waals surface area contributed by atoms with Crippen molar-refractivity contribution in [2.45, 2.75) is 30.8 Å². The number of sulfone groups is 1. The van der Waals surface area contributed by atoms with Gasteiger partial charge in [-0.15, -0.1) is 0 Å². The van der Waals surface area contributed by atoms with Crippen molar-refractivity contribution in [1.82, 2.24) is 9.55 Å². The number of para-hydroxylation sites is 1. The molecule has 31 heavy (non-hydrogen) atoms. The Morgan fingerprint density at radius 3 is 2.29 bits per heavy atom. The maximum atomic E-state index is 13.5. The first-order chi connectivity index (χ1) is 14.6. The maximum absolute atomic E-state index is 13.5. The lowest BCUT2D eigenvalue weighted by atomic mass is 10.1. The Morgan fingerprint density at radius 1 is 1.10 bits per heavy atom. The Morgan fingerprint density at radius 2 is 1.71 bits per heavy atom. The predicted octanol–water partition coefficient (Wildman–Crippen LogP) is 5.35. The summed E-state index contributed by atoms with van der Waals surface area (Å²) in [4.78, 5) is 3.69. The number of hydrogen-bond donors (Lipinski definition) is 0. The van der Waals surface area contributed by atoms with E-state index in [-0.39, 0.29) is 22.2 Å². The number of nitrogens with zero attached hydrogens (tertiary/aromatic N) is 3. The van der Waals surface area contributed by atoms with Crippen LogP contribution in [0.15, 0.2) is 70.6 Å². The van der Waals surface area contributed by atoms with Gasteiger partial charge in [0.25, 0.3) is 0 Å². The van der Waals surface area contributed by atoms with Crippen molar-refractivity contribution in [3.05, 3.63) is 82.8 Å². The van der Waals surface area contributed by atoms with Crippen molar-refractivity contribution in [2.24, 2.45) is 0 Å². The molecular weight excluding hydrogens is 427 g/mol. The molecule has 0 aliphatic carbocycles. The van der Waals surface area contributed by atoms with E-state index in [2.05, 4.69) is 4.98 Å². The summed E-state index contributed by atoms with van der Waals surface area (Å²) in [6.07, 6.45) is -2.21. The van der Waals surface area contributed by atoms with Gasteiger partial charge in [0.15, 0.2) is 4.91 Å². The third-order valence-electron chi connectivity index (χ3n) is 4.47. The SMILES string of the molecule is CC(C)c1nc(/C=C(\C#N)S(=O)(=O)c2ccccc2)cn1-c1ccccc1C(F)(F)F. The van der Waals surface area contributed by atoms with Crippen molar-refractivity contribution < 1.29 is 21.6 Å². The number of hydrogen-bond acceptors (Lipinski definition) is 4. The van der Waals surface area contributed by atoms with Crippen molar-refractivity contribution in [3.8, 4) is 11.8 Å². The van der Waals surface area contributed by atoms with E-state index in [0.29, 0.717) is 5.82 Å². The zero-order chi connectivity index (χ0) is 22.8. The number of aromatic nitrogens is 2. The standard InChI is InChI=1S/C22H18F3N3O2S/c1-15(2)21-27-16(12-18(13-26)31(29,30)17-8-4-3-5-9-17)14-28(21)20-11-7-6-10-19(20)22(23,24)25/h3-12,14-15H,1-2H3/b18-12+. The molecule has 1 heterocycles. The molecule has 0 saturated carbocycles. The van der Waals surface area contributed by atoms with Gasteiger partial charge < -0.3 is 4.57 Å². The largest absolute Gasteiger partial charge is 0.418 e. The number of rotatable bonds is 5. The monoisotopic (exact) mass is 445 g/mol. The Kier molecular flexibility index (Phi) is 6.04. The highest BCUT2D eigenvalue weighted by Crippen LogP contribution is 2.35. The lowest BCUT2D eigenvalue weighted by Gasteiger charge is -2.16. The molecule has 0 atom stereocenters. The van der Waals surface area contributed by atoms with E-state index >= 15 is 0 Å². The smallest absolute Gasteiger partial charge is 0.302 e. The molecule has 0 spiro atoms. The van der Waals surface area contributed by atoms with Crippen LogP contribution >= 0.6 is 0 Å². The minimum atomic E-state index is -4.58. The second-order valence-corrected chi connectivity index (χ2v) is 8.92. The van der Waals surface area contributed by atoms with E-state index in [1.54, 1.807) is 26.0 Å². The first kappa shape index (κ1) is 22.3. The van der Waals surface area contributed by atoms with Crippen LogP contribution in [-0.2, 0) is 16.0 Å². The number of imidazole rings is 1. The average Bonchev–Trinajstić information content (AvgIpc) is 3.16. The molecule has 0 amide bonds. The average molecular weight is 445 g/mol. The Balaban J connectivity index is 2.17. The predicted molar refractivity (Wildman–Crippen MR) is 110 cm³/mol. The van der Waals surface area contributed by atoms with Gasteiger partial charge in [0, 0.05) is 12.1 Å². The zero-order valence-corrected chi connectivity index (χ0v) is 17.4. The van der Waals surface area contributed by atoms with Crippen LogP contribution in [0.3, 0.4) is 0 Å². The third-order valence-corrected chi connectivity index (χ3v) is 6.15. The van der Waals surface area contributed by atoms with Gasteiger partial charge in [0.2, 0.25) is 9.84 Å². The van der Waals surface area contributed by atoms with Crippen molar-refractivity contribution in [1.29, 1.82) is 5.26 Å². The highest BCUT2D eigenvalue weighted by molar-refractivity contribution is 7.95. The molecule has 0 aliphatic rings. The van der Waals surface area contributed by atoms with Crippen LogP contribution in [0.5, 0.6) is 0 Å². The molecule has 0 unspecified atom stereocenters. The second kappa shape index (κ2) is 8.40. The molecule has 160 valence electrons. The molecule has 3 aromatic rings. The van der Waals surface area contributed by atoms with Gasteiger partial charge >= 0.3 is 6.18 Å². The van der Waals surface area contributed by atoms with Gasteiger partial charge in [0.1, 0.15) is 11.9 Å². The van der Waals surface area contributed by atoms with Gasteiger partial charge in [-0.25, -0.2) is 13.4 Å². The summed E-state index contributed by atoms with van der Waals surface area (Å²) in [7, 11) is -4.10. The third kappa shape index (κ3) is 4.54. The fourth-order valence-electron chi connectivity index (χ4n) is 3.04. The first-order valence-corrected chi connectivity index (χ1v) is 10.7. The zero-order valence-electron chi connectivity index (χ0n) is 16.6. The molecule has 5 nitrogen and oxygen atoms in total. The van der Waals surface area contributed by atoms with E-state index in [4.69, 9.17) is 0 Å². The fraction of sp³-hybridized carbons (Fsp3) is 0.182. The van der Waals surface area contributed by atoms with Gasteiger partial charge in [-0.1, -0.05) is 44.2 Å². The molecule has 0 fully saturated rings. The van der Waals surface area contributed by atoms with E-state index in [1.807, 2.05) is 0 Å². The topological polar surface area (TPSA) is 75.8 Å². The van der Waals surface area contributed by atoms with Gasteiger partial charge in [-0.05, 0) is 30.3 Å². The van der Waals surface area contributed by atoms with Crippen LogP contribution < -0.4 is 0 Å². The molecule has 9 heteroatoms. The number of halogens is 3. The lowest BCUT2D eigenvalue weighted by molar-refractivity contribution is -0.137. The molecule has 2 aromatic carbocycles. The highest BCUT2D eigenvalue weighted by atomic mass is 32.2. The van der Waals surface area contributed by atoms with Crippen LogP contribution in [0.2, 0.25) is 0 Å². The molecule has 0 bridgehead atoms. The van der Waals surface area contributed by atoms with Gasteiger partial charge in [-0.3, -0.25) is 0 Å². The molecule has 0 aliphatic heterocycles. The van der Waals surface area contributed by atoms with Crippen LogP contribution in [0.25, 0.3) is 11.8 Å². The molecule has 0 saturated heterocycles. The normalized spacial score (nSPS) is 12.7. The van der Waals surface area contributed by atoms with E-state index in [9.17, 15) is 26.9 Å². The first-order valence-electron chi connectivity index (χ1n) is 9.23. The van der Waals surface area contributed by atoms with Crippen molar-refractivity contribution in [2.75, 3.05) is 0 Å². The lowest BCUT2D eigenvalue weighted by Crippen LogP contribution is -2.12. The number of alkyl halides is 3. The van der Waals surface area contributed by atoms with E-state index in [1.165, 1.54) is 53.2 Å². The quantitative estimate of drug-likeness (QED) is 0.496. The molecule has 0 N–H and O–H groups in total. The van der Waals surface area contributed by atoms with Gasteiger partial charge in [0.05, 0.1) is 21.8 Å². The number of benzene rings is 2. The van der Waals surface area contributed by atoms with Crippen molar-refractivity contribution >= 4 is 15.9 Å². The number of allylic oxidation sites excluding steroid dienone is 1. The Labute approximate surface area is 178 Å². The summed E-state index contributed by atoms with van der Waals surface area (Å²) in [5.74, 6) is 0.0389.